The summed E-state index contributed by atoms with van der Waals surface area (Å²) < 4.78 is 3.54. The lowest BCUT2D eigenvalue weighted by molar-refractivity contribution is 0.667. The van der Waals surface area contributed by atoms with Crippen LogP contribution in [0.2, 0.25) is 0 Å². The molecule has 172 valence electrons. The first kappa shape index (κ1) is 32.1. The number of hydrogen-bond acceptors (Lipinski definition) is 1. The average molecular weight is 655 g/mol. The van der Waals surface area contributed by atoms with E-state index in [1.807, 2.05) is 6.07 Å². The zero-order valence-corrected chi connectivity index (χ0v) is 22.6. The highest BCUT2D eigenvalue weighted by Gasteiger charge is 1.99. The summed E-state index contributed by atoms with van der Waals surface area (Å²) in [5.41, 5.74) is 9.37. The molecule has 0 atom stereocenters. The number of hydrogen-bond donors (Lipinski definition) is 1. The Labute approximate surface area is 217 Å². The molecule has 0 amide bonds. The maximum absolute atomic E-state index is 5.72. The summed E-state index contributed by atoms with van der Waals surface area (Å²) >= 11 is 9.35. The fourth-order valence-electron chi connectivity index (χ4n) is 2.93. The van der Waals surface area contributed by atoms with E-state index in [1.165, 1.54) is 83.4 Å². The molecule has 0 radical (unpaired) electrons. The Morgan fingerprint density at radius 2 is 1.17 bits per heavy atom. The zero-order valence-electron chi connectivity index (χ0n) is 17.2. The van der Waals surface area contributed by atoms with Gasteiger partial charge in [0.05, 0.1) is 0 Å². The topological polar surface area (TPSA) is 26.0 Å². The average Bonchev–Trinajstić information content (AvgIpc) is 2.68. The number of benzene rings is 2. The van der Waals surface area contributed by atoms with Gasteiger partial charge in [0, 0.05) is 18.2 Å². The SMILES string of the molecule is C.C.CCCCCCc1ccc(I)c(Br)c1.CCCCCCc1ccc(N)c(Br)c1. The molecule has 0 heterocycles. The molecule has 2 aromatic carbocycles. The third-order valence-corrected chi connectivity index (χ3v) is 7.71. The largest absolute Gasteiger partial charge is 0.398 e. The first-order valence-electron chi connectivity index (χ1n) is 10.5. The minimum Gasteiger partial charge on any atom is -0.398 e. The molecule has 0 aliphatic carbocycles. The van der Waals surface area contributed by atoms with Crippen LogP contribution in [-0.4, -0.2) is 0 Å². The molecule has 2 rings (SSSR count). The van der Waals surface area contributed by atoms with Crippen LogP contribution in [0.5, 0.6) is 0 Å². The van der Waals surface area contributed by atoms with Crippen LogP contribution in [-0.2, 0) is 12.8 Å². The highest BCUT2D eigenvalue weighted by Crippen LogP contribution is 2.22. The molecule has 30 heavy (non-hydrogen) atoms. The van der Waals surface area contributed by atoms with Crippen molar-refractivity contribution in [3.8, 4) is 0 Å². The number of nitrogens with two attached hydrogens (primary N) is 1. The molecule has 0 unspecified atom stereocenters. The van der Waals surface area contributed by atoms with Gasteiger partial charge in [-0.05, 0) is 116 Å². The third kappa shape index (κ3) is 14.1. The van der Waals surface area contributed by atoms with Crippen molar-refractivity contribution in [2.75, 3.05) is 5.73 Å². The number of unbranched alkanes of at least 4 members (excludes halogenated alkanes) is 6. The van der Waals surface area contributed by atoms with Crippen LogP contribution in [0.4, 0.5) is 5.69 Å². The summed E-state index contributed by atoms with van der Waals surface area (Å²) in [6.07, 6.45) is 13.0. The third-order valence-electron chi connectivity index (χ3n) is 4.69. The van der Waals surface area contributed by atoms with Crippen LogP contribution in [0.3, 0.4) is 0 Å². The molecule has 0 aromatic heterocycles. The minimum atomic E-state index is 0. The Hall–Kier alpha value is -0.0700. The molecular weight excluding hydrogens is 613 g/mol. The first-order valence-corrected chi connectivity index (χ1v) is 13.1. The van der Waals surface area contributed by atoms with Crippen LogP contribution in [0.1, 0.15) is 91.2 Å². The summed E-state index contributed by atoms with van der Waals surface area (Å²) in [5.74, 6) is 0. The summed E-state index contributed by atoms with van der Waals surface area (Å²) in [6, 6.07) is 12.9. The van der Waals surface area contributed by atoms with Crippen molar-refractivity contribution in [1.82, 2.24) is 0 Å². The number of anilines is 1. The molecule has 0 aliphatic rings. The van der Waals surface area contributed by atoms with Crippen molar-refractivity contribution in [2.45, 2.75) is 92.9 Å². The van der Waals surface area contributed by atoms with Gasteiger partial charge in [-0.15, -0.1) is 0 Å². The quantitative estimate of drug-likeness (QED) is 0.154. The molecule has 0 bridgehead atoms. The van der Waals surface area contributed by atoms with Crippen molar-refractivity contribution in [3.63, 3.8) is 0 Å². The normalized spacial score (nSPS) is 9.77. The highest BCUT2D eigenvalue weighted by molar-refractivity contribution is 14.1. The second-order valence-electron chi connectivity index (χ2n) is 7.23. The van der Waals surface area contributed by atoms with Crippen molar-refractivity contribution < 1.29 is 0 Å². The van der Waals surface area contributed by atoms with Gasteiger partial charge in [0.1, 0.15) is 0 Å². The van der Waals surface area contributed by atoms with Crippen LogP contribution in [0, 0.1) is 3.57 Å². The lowest BCUT2D eigenvalue weighted by atomic mass is 10.1. The number of halogens is 3. The van der Waals surface area contributed by atoms with Gasteiger partial charge in [0.25, 0.3) is 0 Å². The van der Waals surface area contributed by atoms with E-state index in [9.17, 15) is 0 Å². The van der Waals surface area contributed by atoms with E-state index in [0.717, 1.165) is 10.2 Å². The Balaban J connectivity index is 0. The minimum absolute atomic E-state index is 0. The molecule has 0 fully saturated rings. The second kappa shape index (κ2) is 19.6. The van der Waals surface area contributed by atoms with Gasteiger partial charge >= 0.3 is 0 Å². The van der Waals surface area contributed by atoms with E-state index >= 15 is 0 Å². The molecule has 2 N–H and O–H groups in total. The van der Waals surface area contributed by atoms with Gasteiger partial charge in [-0.3, -0.25) is 0 Å². The van der Waals surface area contributed by atoms with Crippen LogP contribution in [0.15, 0.2) is 45.3 Å². The molecular formula is C26H42Br2IN. The fraction of sp³-hybridized carbons (Fsp3) is 0.538. The van der Waals surface area contributed by atoms with E-state index < -0.39 is 0 Å². The monoisotopic (exact) mass is 653 g/mol. The Bertz CT molecular complexity index is 629. The molecule has 2 aromatic rings. The summed E-state index contributed by atoms with van der Waals surface area (Å²) in [7, 11) is 0. The Morgan fingerprint density at radius 3 is 1.60 bits per heavy atom. The Morgan fingerprint density at radius 1 is 0.700 bits per heavy atom. The van der Waals surface area contributed by atoms with E-state index in [0.29, 0.717) is 0 Å². The Kier molecular flexibility index (Phi) is 21.0. The number of aryl methyl sites for hydroxylation is 2. The van der Waals surface area contributed by atoms with Gasteiger partial charge in [-0.25, -0.2) is 0 Å². The van der Waals surface area contributed by atoms with Crippen LogP contribution >= 0.6 is 54.5 Å². The highest BCUT2D eigenvalue weighted by atomic mass is 127. The molecule has 0 saturated carbocycles. The summed E-state index contributed by atoms with van der Waals surface area (Å²) in [5, 5.41) is 0. The molecule has 0 saturated heterocycles. The van der Waals surface area contributed by atoms with E-state index in [4.69, 9.17) is 5.73 Å². The smallest absolute Gasteiger partial charge is 0.0458 e. The number of nitrogen functional groups attached to an aromatic ring is 1. The lowest BCUT2D eigenvalue weighted by Gasteiger charge is -2.03. The van der Waals surface area contributed by atoms with Gasteiger partial charge < -0.3 is 5.73 Å². The van der Waals surface area contributed by atoms with Crippen LogP contribution < -0.4 is 5.73 Å². The molecule has 1 nitrogen and oxygen atoms in total. The summed E-state index contributed by atoms with van der Waals surface area (Å²) in [6.45, 7) is 4.49. The van der Waals surface area contributed by atoms with Crippen LogP contribution in [0.25, 0.3) is 0 Å². The van der Waals surface area contributed by atoms with E-state index in [2.05, 4.69) is 98.6 Å². The molecule has 0 spiro atoms. The maximum atomic E-state index is 5.72. The maximum Gasteiger partial charge on any atom is 0.0458 e. The van der Waals surface area contributed by atoms with Crippen molar-refractivity contribution in [3.05, 3.63) is 60.0 Å². The predicted molar refractivity (Wildman–Crippen MR) is 155 cm³/mol. The van der Waals surface area contributed by atoms with E-state index in [-0.39, 0.29) is 14.9 Å². The van der Waals surface area contributed by atoms with Gasteiger partial charge in [0.2, 0.25) is 0 Å². The lowest BCUT2D eigenvalue weighted by Crippen LogP contribution is -1.90. The summed E-state index contributed by atoms with van der Waals surface area (Å²) in [4.78, 5) is 0. The van der Waals surface area contributed by atoms with Gasteiger partial charge in [0.15, 0.2) is 0 Å². The van der Waals surface area contributed by atoms with E-state index in [1.54, 1.807) is 0 Å². The zero-order chi connectivity index (χ0) is 20.8. The first-order chi connectivity index (χ1) is 13.5. The van der Waals surface area contributed by atoms with Crippen molar-refractivity contribution >= 4 is 60.1 Å². The number of rotatable bonds is 10. The predicted octanol–water partition coefficient (Wildman–Crippen LogP) is 10.6. The molecule has 4 heteroatoms. The fourth-order valence-corrected chi connectivity index (χ4v) is 4.12. The van der Waals surface area contributed by atoms with Crippen molar-refractivity contribution in [2.24, 2.45) is 0 Å². The standard InChI is InChI=1S/C12H16BrI.C12H18BrN.2CH4/c2*1-2-3-4-5-6-10-7-8-12(14)11(13)9-10;;/h7-9H,2-6H2,1H3;7-9H,2-6,14H2,1H3;2*1H4. The second-order valence-corrected chi connectivity index (χ2v) is 10.1. The van der Waals surface area contributed by atoms with Gasteiger partial charge in [-0.1, -0.05) is 79.4 Å². The molecule has 0 aliphatic heterocycles. The van der Waals surface area contributed by atoms with Crippen molar-refractivity contribution in [1.29, 1.82) is 0 Å². The van der Waals surface area contributed by atoms with Gasteiger partial charge in [-0.2, -0.15) is 0 Å².